The molecule has 25 heavy (non-hydrogen) atoms. The van der Waals surface area contributed by atoms with Crippen molar-refractivity contribution in [1.29, 1.82) is 0 Å². The summed E-state index contributed by atoms with van der Waals surface area (Å²) in [5.41, 5.74) is -0.0239. The van der Waals surface area contributed by atoms with Crippen molar-refractivity contribution in [2.24, 2.45) is 0 Å². The smallest absolute Gasteiger partial charge is 0.341 e. The molecule has 0 radical (unpaired) electrons. The molecule has 0 amide bonds. The molecule has 0 fully saturated rings. The average Bonchev–Trinajstić information content (AvgIpc) is 2.58. The maximum absolute atomic E-state index is 12.7. The van der Waals surface area contributed by atoms with Crippen LogP contribution in [0.25, 0.3) is 11.0 Å². The van der Waals surface area contributed by atoms with Gasteiger partial charge in [0.2, 0.25) is 11.2 Å². The molecule has 0 atom stereocenters. The van der Waals surface area contributed by atoms with E-state index in [-0.39, 0.29) is 11.2 Å². The zero-order valence-corrected chi connectivity index (χ0v) is 14.7. The molecule has 1 aromatic heterocycles. The first-order chi connectivity index (χ1) is 12.0. The molecular formula is C18H13BrO6. The van der Waals surface area contributed by atoms with Crippen LogP contribution in [0.15, 0.2) is 56.1 Å². The van der Waals surface area contributed by atoms with Gasteiger partial charge in [0, 0.05) is 6.07 Å². The number of benzene rings is 2. The number of aryl methyl sites for hydroxylation is 1. The first-order valence-electron chi connectivity index (χ1n) is 7.30. The van der Waals surface area contributed by atoms with E-state index in [0.29, 0.717) is 32.7 Å². The molecule has 128 valence electrons. The van der Waals surface area contributed by atoms with Gasteiger partial charge in [0.25, 0.3) is 0 Å². The molecule has 0 unspecified atom stereocenters. The van der Waals surface area contributed by atoms with Crippen LogP contribution < -0.4 is 14.9 Å². The number of ether oxygens (including phenoxy) is 2. The molecule has 1 heterocycles. The summed E-state index contributed by atoms with van der Waals surface area (Å²) in [6, 6.07) is 11.7. The molecular weight excluding hydrogens is 392 g/mol. The van der Waals surface area contributed by atoms with Gasteiger partial charge in [-0.2, -0.15) is 0 Å². The van der Waals surface area contributed by atoms with Crippen LogP contribution >= 0.6 is 15.9 Å². The maximum Gasteiger partial charge on any atom is 0.341 e. The molecule has 0 aliphatic carbocycles. The van der Waals surface area contributed by atoms with E-state index in [9.17, 15) is 9.59 Å². The Morgan fingerprint density at radius 2 is 2.00 bits per heavy atom. The Morgan fingerprint density at radius 1 is 1.24 bits per heavy atom. The van der Waals surface area contributed by atoms with E-state index in [4.69, 9.17) is 19.0 Å². The number of carboxylic acids is 1. The van der Waals surface area contributed by atoms with Crippen molar-refractivity contribution in [3.05, 3.63) is 62.9 Å². The number of hydrogen-bond donors (Lipinski definition) is 1. The lowest BCUT2D eigenvalue weighted by Gasteiger charge is -2.10. The van der Waals surface area contributed by atoms with Gasteiger partial charge in [-0.15, -0.1) is 0 Å². The minimum atomic E-state index is -1.09. The minimum Gasteiger partial charge on any atom is -0.482 e. The molecule has 0 bridgehead atoms. The van der Waals surface area contributed by atoms with Crippen LogP contribution in [0.5, 0.6) is 17.2 Å². The van der Waals surface area contributed by atoms with Gasteiger partial charge in [-0.25, -0.2) is 4.79 Å². The van der Waals surface area contributed by atoms with E-state index < -0.39 is 12.6 Å². The monoisotopic (exact) mass is 404 g/mol. The topological polar surface area (TPSA) is 86.0 Å². The highest BCUT2D eigenvalue weighted by molar-refractivity contribution is 9.10. The Bertz CT molecular complexity index is 1010. The fraction of sp³-hybridized carbons (Fsp3) is 0.111. The van der Waals surface area contributed by atoms with Crippen molar-refractivity contribution in [2.45, 2.75) is 6.92 Å². The lowest BCUT2D eigenvalue weighted by Crippen LogP contribution is -2.10. The fourth-order valence-corrected chi connectivity index (χ4v) is 2.62. The third-order valence-electron chi connectivity index (χ3n) is 3.40. The first kappa shape index (κ1) is 17.0. The molecule has 0 saturated heterocycles. The number of aliphatic carboxylic acids is 1. The van der Waals surface area contributed by atoms with Crippen LogP contribution in [0.4, 0.5) is 0 Å². The summed E-state index contributed by atoms with van der Waals surface area (Å²) in [6.45, 7) is 1.15. The summed E-state index contributed by atoms with van der Waals surface area (Å²) in [7, 11) is 0. The normalized spacial score (nSPS) is 10.6. The second kappa shape index (κ2) is 6.98. The number of carboxylic acid groups (broad SMARTS) is 1. The summed E-state index contributed by atoms with van der Waals surface area (Å²) in [6.07, 6.45) is 0. The third-order valence-corrected chi connectivity index (χ3v) is 4.05. The lowest BCUT2D eigenvalue weighted by atomic mass is 10.2. The van der Waals surface area contributed by atoms with E-state index >= 15 is 0 Å². The minimum absolute atomic E-state index is 0.0959. The number of fused-ring (bicyclic) bond motifs is 1. The van der Waals surface area contributed by atoms with Crippen LogP contribution in [-0.4, -0.2) is 17.7 Å². The van der Waals surface area contributed by atoms with Crippen LogP contribution in [-0.2, 0) is 4.79 Å². The molecule has 7 heteroatoms. The maximum atomic E-state index is 12.7. The zero-order valence-electron chi connectivity index (χ0n) is 13.1. The Morgan fingerprint density at radius 3 is 2.72 bits per heavy atom. The number of para-hydroxylation sites is 1. The van der Waals surface area contributed by atoms with E-state index in [1.165, 1.54) is 18.2 Å². The SMILES string of the molecule is Cc1oc2cc(OCC(=O)O)ccc2c(=O)c1Oc1ccccc1Br. The Labute approximate surface area is 150 Å². The van der Waals surface area contributed by atoms with Crippen LogP contribution in [0.3, 0.4) is 0 Å². The average molecular weight is 405 g/mol. The van der Waals surface area contributed by atoms with Gasteiger partial charge in [-0.1, -0.05) is 12.1 Å². The van der Waals surface area contributed by atoms with Crippen molar-refractivity contribution >= 4 is 32.9 Å². The van der Waals surface area contributed by atoms with Gasteiger partial charge in [-0.05, 0) is 47.1 Å². The molecule has 2 aromatic carbocycles. The molecule has 3 rings (SSSR count). The Hall–Kier alpha value is -2.80. The van der Waals surface area contributed by atoms with Crippen molar-refractivity contribution in [3.8, 4) is 17.2 Å². The second-order valence-corrected chi connectivity index (χ2v) is 6.04. The van der Waals surface area contributed by atoms with Gasteiger partial charge in [0.05, 0.1) is 9.86 Å². The van der Waals surface area contributed by atoms with Crippen molar-refractivity contribution in [2.75, 3.05) is 6.61 Å². The van der Waals surface area contributed by atoms with Gasteiger partial charge in [0.1, 0.15) is 22.8 Å². The van der Waals surface area contributed by atoms with Crippen LogP contribution in [0.2, 0.25) is 0 Å². The highest BCUT2D eigenvalue weighted by Gasteiger charge is 2.15. The van der Waals surface area contributed by atoms with Crippen molar-refractivity contribution in [3.63, 3.8) is 0 Å². The molecule has 3 aromatic rings. The summed E-state index contributed by atoms with van der Waals surface area (Å²) in [4.78, 5) is 23.3. The summed E-state index contributed by atoms with van der Waals surface area (Å²) in [5, 5.41) is 8.97. The standard InChI is InChI=1S/C18H13BrO6/c1-10-18(25-14-5-3-2-4-13(14)19)17(22)12-7-6-11(8-15(12)24-10)23-9-16(20)21/h2-8H,9H2,1H3,(H,20,21). The third kappa shape index (κ3) is 3.66. The molecule has 1 N–H and O–H groups in total. The van der Waals surface area contributed by atoms with Gasteiger partial charge in [-0.3, -0.25) is 4.79 Å². The van der Waals surface area contributed by atoms with E-state index in [2.05, 4.69) is 15.9 Å². The highest BCUT2D eigenvalue weighted by Crippen LogP contribution is 2.31. The number of carbonyl (C=O) groups is 1. The Kier molecular flexibility index (Phi) is 4.76. The van der Waals surface area contributed by atoms with Crippen molar-refractivity contribution < 1.29 is 23.8 Å². The van der Waals surface area contributed by atoms with Crippen LogP contribution in [0.1, 0.15) is 5.76 Å². The molecule has 0 saturated carbocycles. The Balaban J connectivity index is 2.01. The fourth-order valence-electron chi connectivity index (χ4n) is 2.26. The van der Waals surface area contributed by atoms with Gasteiger partial charge >= 0.3 is 5.97 Å². The van der Waals surface area contributed by atoms with E-state index in [0.717, 1.165) is 0 Å². The van der Waals surface area contributed by atoms with Crippen LogP contribution in [0, 0.1) is 6.92 Å². The summed E-state index contributed by atoms with van der Waals surface area (Å²) in [5.74, 6) is 0.118. The summed E-state index contributed by atoms with van der Waals surface area (Å²) < 4.78 is 17.2. The number of halogens is 1. The molecule has 0 aliphatic rings. The highest BCUT2D eigenvalue weighted by atomic mass is 79.9. The molecule has 0 aliphatic heterocycles. The summed E-state index contributed by atoms with van der Waals surface area (Å²) >= 11 is 3.37. The number of rotatable bonds is 5. The molecule has 6 nitrogen and oxygen atoms in total. The predicted octanol–water partition coefficient (Wildman–Crippen LogP) is 4.12. The lowest BCUT2D eigenvalue weighted by molar-refractivity contribution is -0.139. The van der Waals surface area contributed by atoms with E-state index in [1.807, 2.05) is 6.07 Å². The van der Waals surface area contributed by atoms with Gasteiger partial charge < -0.3 is 19.0 Å². The zero-order chi connectivity index (χ0) is 18.0. The van der Waals surface area contributed by atoms with Crippen molar-refractivity contribution in [1.82, 2.24) is 0 Å². The first-order valence-corrected chi connectivity index (χ1v) is 8.09. The molecule has 0 spiro atoms. The second-order valence-electron chi connectivity index (χ2n) is 5.19. The van der Waals surface area contributed by atoms with E-state index in [1.54, 1.807) is 25.1 Å². The quantitative estimate of drug-likeness (QED) is 0.688. The number of hydrogen-bond acceptors (Lipinski definition) is 5. The van der Waals surface area contributed by atoms with Gasteiger partial charge in [0.15, 0.2) is 6.61 Å². The predicted molar refractivity (Wildman–Crippen MR) is 94.6 cm³/mol. The largest absolute Gasteiger partial charge is 0.482 e.